The molecule has 0 radical (unpaired) electrons. The van der Waals surface area contributed by atoms with Gasteiger partial charge in [0.05, 0.1) is 27.7 Å². The zero-order chi connectivity index (χ0) is 23.6. The quantitative estimate of drug-likeness (QED) is 0.541. The smallest absolute Gasteiger partial charge is 0.395 e. The van der Waals surface area contributed by atoms with Crippen molar-refractivity contribution in [2.45, 2.75) is 33.5 Å². The number of aliphatic imine (C=N–C) groups is 1. The lowest BCUT2D eigenvalue weighted by molar-refractivity contribution is -0.286. The lowest BCUT2D eigenvalue weighted by Crippen LogP contribution is -2.25. The van der Waals surface area contributed by atoms with E-state index in [1.807, 2.05) is 13.8 Å². The fourth-order valence-electron chi connectivity index (χ4n) is 2.84. The van der Waals surface area contributed by atoms with Gasteiger partial charge in [0, 0.05) is 24.9 Å². The number of aromatic nitrogens is 2. The molecule has 0 bridgehead atoms. The van der Waals surface area contributed by atoms with Crippen molar-refractivity contribution in [1.29, 1.82) is 0 Å². The van der Waals surface area contributed by atoms with E-state index in [1.165, 1.54) is 29.2 Å². The van der Waals surface area contributed by atoms with Gasteiger partial charge in [0.15, 0.2) is 17.2 Å². The standard InChI is InChI=1S/C21H20Cl2F2N4O3/c1-5-11(3)16(27-20(30)19-14(23)10-29(4)28-19)9-26-15(6-2)12-7-17-18(8-13(12)22)32-21(24,25)31-17/h6-10H,5H2,1-4H3,(H,27,30). The van der Waals surface area contributed by atoms with Crippen molar-refractivity contribution in [1.82, 2.24) is 15.1 Å². The minimum Gasteiger partial charge on any atom is -0.395 e. The fourth-order valence-corrected chi connectivity index (χ4v) is 3.35. The molecule has 2 aromatic rings. The molecule has 3 rings (SSSR count). The molecule has 1 N–H and O–H groups in total. The van der Waals surface area contributed by atoms with Crippen LogP contribution in [-0.4, -0.2) is 28.2 Å². The van der Waals surface area contributed by atoms with Gasteiger partial charge in [-0.2, -0.15) is 5.10 Å². The molecular formula is C21H20Cl2F2N4O3. The van der Waals surface area contributed by atoms with E-state index in [9.17, 15) is 13.6 Å². The number of ether oxygens (including phenoxy) is 2. The summed E-state index contributed by atoms with van der Waals surface area (Å²) in [6.07, 6.45) is 1.51. The molecule has 0 saturated carbocycles. The normalized spacial score (nSPS) is 15.8. The highest BCUT2D eigenvalue weighted by molar-refractivity contribution is 6.33. The van der Waals surface area contributed by atoms with Gasteiger partial charge in [0.25, 0.3) is 5.91 Å². The molecular weight excluding hydrogens is 465 g/mol. The topological polar surface area (TPSA) is 77.7 Å². The van der Waals surface area contributed by atoms with E-state index >= 15 is 0 Å². The zero-order valence-electron chi connectivity index (χ0n) is 17.7. The molecule has 0 saturated heterocycles. The number of carbonyl (C=O) groups is 1. The average molecular weight is 485 g/mol. The van der Waals surface area contributed by atoms with Gasteiger partial charge in [-0.25, -0.2) is 0 Å². The maximum absolute atomic E-state index is 13.4. The van der Waals surface area contributed by atoms with Crippen molar-refractivity contribution < 1.29 is 23.0 Å². The number of rotatable bonds is 6. The Hall–Kier alpha value is -2.91. The van der Waals surface area contributed by atoms with Crippen molar-refractivity contribution in [3.05, 3.63) is 57.0 Å². The first-order valence-corrected chi connectivity index (χ1v) is 10.3. The van der Waals surface area contributed by atoms with Crippen LogP contribution in [0.2, 0.25) is 10.0 Å². The number of fused-ring (bicyclic) bond motifs is 1. The Morgan fingerprint density at radius 2 is 1.94 bits per heavy atom. The molecule has 1 aliphatic rings. The second-order valence-electron chi connectivity index (χ2n) is 6.88. The van der Waals surface area contributed by atoms with Crippen molar-refractivity contribution in [3.63, 3.8) is 0 Å². The predicted octanol–water partition coefficient (Wildman–Crippen LogP) is 5.59. The highest BCUT2D eigenvalue weighted by Crippen LogP contribution is 2.45. The molecule has 1 aliphatic heterocycles. The van der Waals surface area contributed by atoms with Gasteiger partial charge < -0.3 is 14.8 Å². The van der Waals surface area contributed by atoms with E-state index < -0.39 is 12.2 Å². The van der Waals surface area contributed by atoms with Crippen molar-refractivity contribution in [2.24, 2.45) is 12.0 Å². The summed E-state index contributed by atoms with van der Waals surface area (Å²) in [4.78, 5) is 17.0. The van der Waals surface area contributed by atoms with E-state index in [1.54, 1.807) is 20.0 Å². The van der Waals surface area contributed by atoms with Gasteiger partial charge in [-0.05, 0) is 31.9 Å². The minimum atomic E-state index is -3.76. The third-order valence-corrected chi connectivity index (χ3v) is 5.20. The summed E-state index contributed by atoms with van der Waals surface area (Å²) in [5, 5.41) is 7.18. The third kappa shape index (κ3) is 5.11. The number of aryl methyl sites for hydroxylation is 1. The van der Waals surface area contributed by atoms with Gasteiger partial charge in [-0.15, -0.1) is 8.78 Å². The second-order valence-corrected chi connectivity index (χ2v) is 7.69. The molecule has 11 heteroatoms. The molecule has 1 amide bonds. The van der Waals surface area contributed by atoms with E-state index in [-0.39, 0.29) is 27.2 Å². The summed E-state index contributed by atoms with van der Waals surface area (Å²) in [6.45, 7) is 5.48. The zero-order valence-corrected chi connectivity index (χ0v) is 19.2. The van der Waals surface area contributed by atoms with Gasteiger partial charge in [0.2, 0.25) is 0 Å². The van der Waals surface area contributed by atoms with Gasteiger partial charge >= 0.3 is 6.29 Å². The monoisotopic (exact) mass is 484 g/mol. The van der Waals surface area contributed by atoms with Gasteiger partial charge in [-0.3, -0.25) is 14.5 Å². The van der Waals surface area contributed by atoms with Crippen LogP contribution in [0.25, 0.3) is 5.70 Å². The highest BCUT2D eigenvalue weighted by Gasteiger charge is 2.43. The Balaban J connectivity index is 1.89. The van der Waals surface area contributed by atoms with Crippen LogP contribution < -0.4 is 14.8 Å². The molecule has 1 aromatic carbocycles. The highest BCUT2D eigenvalue weighted by atomic mass is 35.5. The molecule has 7 nitrogen and oxygen atoms in total. The molecule has 170 valence electrons. The average Bonchev–Trinajstić information content (AvgIpc) is 3.22. The SMILES string of the molecule is CC=C(N=CC(NC(=O)c1nn(C)cc1Cl)=C(C)CC)c1cc2c(cc1Cl)OC(F)(F)O2. The third-order valence-electron chi connectivity index (χ3n) is 4.61. The van der Waals surface area contributed by atoms with E-state index in [0.29, 0.717) is 23.4 Å². The molecule has 0 atom stereocenters. The summed E-state index contributed by atoms with van der Waals surface area (Å²) in [5.74, 6) is -0.803. The Labute approximate surface area is 193 Å². The molecule has 2 heterocycles. The number of amides is 1. The molecule has 0 spiro atoms. The van der Waals surface area contributed by atoms with Crippen LogP contribution >= 0.6 is 23.2 Å². The number of nitrogens with zero attached hydrogens (tertiary/aromatic N) is 3. The van der Waals surface area contributed by atoms with Crippen LogP contribution in [0, 0.1) is 0 Å². The van der Waals surface area contributed by atoms with Crippen molar-refractivity contribution in [2.75, 3.05) is 0 Å². The Kier molecular flexibility index (Phi) is 6.90. The number of halogens is 4. The Morgan fingerprint density at radius 1 is 1.28 bits per heavy atom. The van der Waals surface area contributed by atoms with E-state index in [2.05, 4.69) is 24.9 Å². The van der Waals surface area contributed by atoms with Crippen LogP contribution in [0.5, 0.6) is 11.5 Å². The number of hydrogen-bond donors (Lipinski definition) is 1. The second kappa shape index (κ2) is 9.30. The van der Waals surface area contributed by atoms with Gasteiger partial charge in [0.1, 0.15) is 0 Å². The summed E-state index contributed by atoms with van der Waals surface area (Å²) in [6, 6.07) is 2.57. The first-order chi connectivity index (χ1) is 15.0. The number of nitrogens with one attached hydrogen (secondary N) is 1. The van der Waals surface area contributed by atoms with Crippen molar-refractivity contribution in [3.8, 4) is 11.5 Å². The summed E-state index contributed by atoms with van der Waals surface area (Å²) in [7, 11) is 1.65. The van der Waals surface area contributed by atoms with Crippen LogP contribution in [-0.2, 0) is 7.05 Å². The molecule has 32 heavy (non-hydrogen) atoms. The molecule has 0 aliphatic carbocycles. The predicted molar refractivity (Wildman–Crippen MR) is 118 cm³/mol. The fraction of sp³-hybridized carbons (Fsp3) is 0.286. The maximum atomic E-state index is 13.4. The minimum absolute atomic E-state index is 0.0787. The summed E-state index contributed by atoms with van der Waals surface area (Å²) < 4.78 is 37.1. The lowest BCUT2D eigenvalue weighted by atomic mass is 10.1. The number of allylic oxidation sites excluding steroid dienone is 3. The number of carbonyl (C=O) groups excluding carboxylic acids is 1. The largest absolute Gasteiger partial charge is 0.586 e. The van der Waals surface area contributed by atoms with Gasteiger partial charge in [-0.1, -0.05) is 36.2 Å². The number of hydrogen-bond acceptors (Lipinski definition) is 5. The van der Waals surface area contributed by atoms with Crippen molar-refractivity contribution >= 4 is 41.0 Å². The van der Waals surface area contributed by atoms with Crippen LogP contribution in [0.15, 0.2) is 40.7 Å². The summed E-state index contributed by atoms with van der Waals surface area (Å²) in [5.41, 5.74) is 2.11. The van der Waals surface area contributed by atoms with Crippen LogP contribution in [0.1, 0.15) is 43.2 Å². The number of alkyl halides is 2. The first kappa shape index (κ1) is 23.7. The maximum Gasteiger partial charge on any atom is 0.586 e. The van der Waals surface area contributed by atoms with Crippen LogP contribution in [0.4, 0.5) is 8.78 Å². The molecule has 0 unspecified atom stereocenters. The van der Waals surface area contributed by atoms with Crippen LogP contribution in [0.3, 0.4) is 0 Å². The first-order valence-electron chi connectivity index (χ1n) is 9.55. The van der Waals surface area contributed by atoms with E-state index in [0.717, 1.165) is 5.57 Å². The van der Waals surface area contributed by atoms with E-state index in [4.69, 9.17) is 23.2 Å². The lowest BCUT2D eigenvalue weighted by Gasteiger charge is -2.10. The Morgan fingerprint density at radius 3 is 2.50 bits per heavy atom. The number of benzene rings is 1. The molecule has 1 aromatic heterocycles. The Bertz CT molecular complexity index is 1160. The summed E-state index contributed by atoms with van der Waals surface area (Å²) >= 11 is 12.3. The molecule has 0 fully saturated rings.